The summed E-state index contributed by atoms with van der Waals surface area (Å²) < 4.78 is 3.91. The van der Waals surface area contributed by atoms with Gasteiger partial charge in [0.25, 0.3) is 0 Å². The smallest absolute Gasteiger partial charge is 0.178 e. The molecule has 0 aliphatic rings. The molecule has 0 radical (unpaired) electrons. The number of rotatable bonds is 2. The van der Waals surface area contributed by atoms with E-state index in [4.69, 9.17) is 12.2 Å². The van der Waals surface area contributed by atoms with Gasteiger partial charge in [0, 0.05) is 16.9 Å². The molecule has 0 saturated carbocycles. The summed E-state index contributed by atoms with van der Waals surface area (Å²) in [7, 11) is 0. The number of nitrogens with one attached hydrogen (secondary N) is 1. The molecule has 0 spiro atoms. The van der Waals surface area contributed by atoms with Crippen LogP contribution in [0.15, 0.2) is 47.2 Å². The quantitative estimate of drug-likeness (QED) is 0.702. The lowest BCUT2D eigenvalue weighted by molar-refractivity contribution is 0.648. The van der Waals surface area contributed by atoms with E-state index in [1.54, 1.807) is 12.4 Å². The van der Waals surface area contributed by atoms with Gasteiger partial charge in [0.2, 0.25) is 0 Å². The second kappa shape index (κ2) is 4.90. The monoisotopic (exact) mass is 333 g/mol. The molecular weight excluding hydrogens is 322 g/mol. The summed E-state index contributed by atoms with van der Waals surface area (Å²) in [6, 6.07) is 10.3. The molecule has 0 aliphatic carbocycles. The van der Waals surface area contributed by atoms with E-state index in [0.29, 0.717) is 0 Å². The van der Waals surface area contributed by atoms with Gasteiger partial charge in [-0.3, -0.25) is 4.98 Å². The fourth-order valence-corrected chi connectivity index (χ4v) is 2.99. The Morgan fingerprint density at radius 2 is 2.00 bits per heavy atom. The molecule has 0 fully saturated rings. The van der Waals surface area contributed by atoms with Crippen LogP contribution >= 0.6 is 28.1 Å². The summed E-state index contributed by atoms with van der Waals surface area (Å²) in [4.78, 5) is 7.30. The standard InChI is InChI=1S/C14H12BrN3S/c1-9(10-4-6-16-7-5-10)18-13-8-11(15)2-3-12(13)17-14(18)19/h2-9H,1H3,(H,17,19). The molecule has 96 valence electrons. The topological polar surface area (TPSA) is 33.6 Å². The van der Waals surface area contributed by atoms with Gasteiger partial charge < -0.3 is 9.55 Å². The van der Waals surface area contributed by atoms with Gasteiger partial charge >= 0.3 is 0 Å². The first-order valence-electron chi connectivity index (χ1n) is 5.96. The van der Waals surface area contributed by atoms with Crippen molar-refractivity contribution in [2.24, 2.45) is 0 Å². The third-order valence-electron chi connectivity index (χ3n) is 3.26. The summed E-state index contributed by atoms with van der Waals surface area (Å²) in [6.07, 6.45) is 3.61. The zero-order valence-electron chi connectivity index (χ0n) is 10.3. The summed E-state index contributed by atoms with van der Waals surface area (Å²) >= 11 is 8.96. The maximum absolute atomic E-state index is 5.45. The van der Waals surface area contributed by atoms with Crippen LogP contribution in [0.2, 0.25) is 0 Å². The van der Waals surface area contributed by atoms with E-state index in [1.165, 1.54) is 5.56 Å². The van der Waals surface area contributed by atoms with E-state index in [9.17, 15) is 0 Å². The Hall–Kier alpha value is -1.46. The van der Waals surface area contributed by atoms with Crippen molar-refractivity contribution in [2.75, 3.05) is 0 Å². The number of fused-ring (bicyclic) bond motifs is 1. The number of aromatic amines is 1. The molecule has 5 heteroatoms. The van der Waals surface area contributed by atoms with Gasteiger partial charge in [-0.05, 0) is 55.0 Å². The predicted octanol–water partition coefficient (Wildman–Crippen LogP) is 4.47. The molecule has 1 atom stereocenters. The number of halogens is 1. The third kappa shape index (κ3) is 2.24. The number of H-pyrrole nitrogens is 1. The average molecular weight is 334 g/mol. The van der Waals surface area contributed by atoms with Crippen molar-refractivity contribution < 1.29 is 0 Å². The highest BCUT2D eigenvalue weighted by Crippen LogP contribution is 2.26. The molecule has 1 unspecified atom stereocenters. The second-order valence-electron chi connectivity index (χ2n) is 4.42. The number of hydrogen-bond donors (Lipinski definition) is 1. The molecule has 2 heterocycles. The molecule has 3 nitrogen and oxygen atoms in total. The van der Waals surface area contributed by atoms with E-state index in [-0.39, 0.29) is 6.04 Å². The van der Waals surface area contributed by atoms with Crippen LogP contribution in [0.3, 0.4) is 0 Å². The summed E-state index contributed by atoms with van der Waals surface area (Å²) in [6.45, 7) is 2.14. The minimum absolute atomic E-state index is 0.165. The van der Waals surface area contributed by atoms with Crippen molar-refractivity contribution in [1.82, 2.24) is 14.5 Å². The Labute approximate surface area is 124 Å². The van der Waals surface area contributed by atoms with Crippen LogP contribution in [0.25, 0.3) is 11.0 Å². The largest absolute Gasteiger partial charge is 0.331 e. The molecule has 19 heavy (non-hydrogen) atoms. The maximum atomic E-state index is 5.45. The number of hydrogen-bond acceptors (Lipinski definition) is 2. The van der Waals surface area contributed by atoms with E-state index in [1.807, 2.05) is 24.3 Å². The molecule has 0 bridgehead atoms. The molecule has 2 aromatic heterocycles. The van der Waals surface area contributed by atoms with Gasteiger partial charge in [-0.15, -0.1) is 0 Å². The van der Waals surface area contributed by atoms with Crippen molar-refractivity contribution in [2.45, 2.75) is 13.0 Å². The Morgan fingerprint density at radius 1 is 1.26 bits per heavy atom. The fraction of sp³-hybridized carbons (Fsp3) is 0.143. The van der Waals surface area contributed by atoms with Crippen molar-refractivity contribution in [3.8, 4) is 0 Å². The molecule has 3 rings (SSSR count). The van der Waals surface area contributed by atoms with Crippen LogP contribution in [-0.2, 0) is 0 Å². The van der Waals surface area contributed by atoms with Crippen LogP contribution in [-0.4, -0.2) is 14.5 Å². The van der Waals surface area contributed by atoms with Crippen molar-refractivity contribution in [3.05, 3.63) is 57.5 Å². The lowest BCUT2D eigenvalue weighted by Crippen LogP contribution is -2.06. The number of pyridine rings is 1. The van der Waals surface area contributed by atoms with Crippen LogP contribution in [0.4, 0.5) is 0 Å². The molecular formula is C14H12BrN3S. The maximum Gasteiger partial charge on any atom is 0.178 e. The van der Waals surface area contributed by atoms with Crippen LogP contribution in [0, 0.1) is 4.77 Å². The van der Waals surface area contributed by atoms with Gasteiger partial charge in [-0.1, -0.05) is 15.9 Å². The van der Waals surface area contributed by atoms with E-state index in [2.05, 4.69) is 43.5 Å². The first-order valence-corrected chi connectivity index (χ1v) is 7.16. The Morgan fingerprint density at radius 3 is 2.74 bits per heavy atom. The number of nitrogens with zero attached hydrogens (tertiary/aromatic N) is 2. The van der Waals surface area contributed by atoms with E-state index >= 15 is 0 Å². The molecule has 1 N–H and O–H groups in total. The van der Waals surface area contributed by atoms with Gasteiger partial charge in [0.15, 0.2) is 4.77 Å². The van der Waals surface area contributed by atoms with E-state index < -0.39 is 0 Å². The van der Waals surface area contributed by atoms with Crippen molar-refractivity contribution in [3.63, 3.8) is 0 Å². The normalized spacial score (nSPS) is 12.7. The van der Waals surface area contributed by atoms with Gasteiger partial charge in [0.1, 0.15) is 0 Å². The third-order valence-corrected chi connectivity index (χ3v) is 4.05. The lowest BCUT2D eigenvalue weighted by atomic mass is 10.1. The number of benzene rings is 1. The Balaban J connectivity index is 2.22. The summed E-state index contributed by atoms with van der Waals surface area (Å²) in [5.41, 5.74) is 3.34. The van der Waals surface area contributed by atoms with Gasteiger partial charge in [-0.2, -0.15) is 0 Å². The zero-order chi connectivity index (χ0) is 13.4. The first-order chi connectivity index (χ1) is 9.16. The molecule has 0 aliphatic heterocycles. The Kier molecular flexibility index (Phi) is 3.24. The highest BCUT2D eigenvalue weighted by Gasteiger charge is 2.13. The van der Waals surface area contributed by atoms with Gasteiger partial charge in [0.05, 0.1) is 17.1 Å². The second-order valence-corrected chi connectivity index (χ2v) is 5.72. The van der Waals surface area contributed by atoms with Crippen LogP contribution in [0.1, 0.15) is 18.5 Å². The number of imidazole rings is 1. The minimum atomic E-state index is 0.165. The Bertz CT molecular complexity index is 776. The van der Waals surface area contributed by atoms with E-state index in [0.717, 1.165) is 20.3 Å². The predicted molar refractivity (Wildman–Crippen MR) is 82.9 cm³/mol. The van der Waals surface area contributed by atoms with Crippen LogP contribution in [0.5, 0.6) is 0 Å². The fourth-order valence-electron chi connectivity index (χ4n) is 2.27. The lowest BCUT2D eigenvalue weighted by Gasteiger charge is -2.14. The zero-order valence-corrected chi connectivity index (χ0v) is 12.7. The molecule has 3 aromatic rings. The van der Waals surface area contributed by atoms with Crippen LogP contribution < -0.4 is 0 Å². The first kappa shape index (κ1) is 12.6. The number of aromatic nitrogens is 3. The highest BCUT2D eigenvalue weighted by molar-refractivity contribution is 9.10. The minimum Gasteiger partial charge on any atom is -0.331 e. The summed E-state index contributed by atoms with van der Waals surface area (Å²) in [5, 5.41) is 0. The average Bonchev–Trinajstić information content (AvgIpc) is 2.74. The molecule has 0 amide bonds. The van der Waals surface area contributed by atoms with Gasteiger partial charge in [-0.25, -0.2) is 0 Å². The van der Waals surface area contributed by atoms with Crippen molar-refractivity contribution in [1.29, 1.82) is 0 Å². The van der Waals surface area contributed by atoms with Crippen molar-refractivity contribution >= 4 is 39.2 Å². The summed E-state index contributed by atoms with van der Waals surface area (Å²) in [5.74, 6) is 0. The highest BCUT2D eigenvalue weighted by atomic mass is 79.9. The molecule has 1 aromatic carbocycles. The SMILES string of the molecule is CC(c1ccncc1)n1c(=S)[nH]c2ccc(Br)cc21. The molecule has 0 saturated heterocycles.